The van der Waals surface area contributed by atoms with Gasteiger partial charge in [0.1, 0.15) is 6.73 Å². The van der Waals surface area contributed by atoms with E-state index < -0.39 is 5.97 Å². The predicted molar refractivity (Wildman–Crippen MR) is 64.8 cm³/mol. The van der Waals surface area contributed by atoms with Gasteiger partial charge in [-0.3, -0.25) is 5.32 Å². The average molecular weight is 242 g/mol. The van der Waals surface area contributed by atoms with E-state index in [4.69, 9.17) is 9.84 Å². The number of hydrogen-bond acceptors (Lipinski definition) is 5. The zero-order chi connectivity index (χ0) is 12.0. The summed E-state index contributed by atoms with van der Waals surface area (Å²) in [6, 6.07) is 6.51. The minimum absolute atomic E-state index is 0.237. The summed E-state index contributed by atoms with van der Waals surface area (Å²) in [4.78, 5) is 10.7. The van der Waals surface area contributed by atoms with Gasteiger partial charge in [0.15, 0.2) is 5.56 Å². The van der Waals surface area contributed by atoms with E-state index >= 15 is 0 Å². The first-order valence-corrected chi connectivity index (χ1v) is 5.19. The Hall–Kier alpha value is -1.24. The number of carboxylic acids is 1. The van der Waals surface area contributed by atoms with Crippen molar-refractivity contribution in [1.29, 1.82) is 0 Å². The van der Waals surface area contributed by atoms with Crippen LogP contribution in [0.3, 0.4) is 0 Å². The van der Waals surface area contributed by atoms with E-state index in [0.717, 1.165) is 0 Å². The van der Waals surface area contributed by atoms with Crippen molar-refractivity contribution in [3.8, 4) is 0 Å². The normalized spacial score (nSPS) is 12.1. The molecule has 0 aliphatic rings. The Bertz CT molecular complexity index is 360. The summed E-state index contributed by atoms with van der Waals surface area (Å²) in [6.45, 7) is 0.248. The summed E-state index contributed by atoms with van der Waals surface area (Å²) in [6.07, 6.45) is 0. The van der Waals surface area contributed by atoms with Crippen LogP contribution in [-0.4, -0.2) is 30.4 Å². The van der Waals surface area contributed by atoms with Gasteiger partial charge in [-0.05, 0) is 25.2 Å². The topological polar surface area (TPSA) is 70.6 Å². The molecule has 1 atom stereocenters. The summed E-state index contributed by atoms with van der Waals surface area (Å²) in [5.41, 5.74) is 0.577. The molecule has 0 aliphatic heterocycles. The Kier molecular flexibility index (Phi) is 5.10. The summed E-state index contributed by atoms with van der Waals surface area (Å²) in [7, 11) is 1.72. The number of rotatable bonds is 6. The van der Waals surface area contributed by atoms with Crippen molar-refractivity contribution in [1.82, 2.24) is 5.32 Å². The van der Waals surface area contributed by atoms with Crippen molar-refractivity contribution in [2.45, 2.75) is 5.56 Å². The molecular weight excluding hydrogens is 228 g/mol. The molecule has 3 N–H and O–H groups in total. The van der Waals surface area contributed by atoms with Gasteiger partial charge in [0.25, 0.3) is 0 Å². The van der Waals surface area contributed by atoms with Crippen molar-refractivity contribution in [3.05, 3.63) is 29.8 Å². The van der Waals surface area contributed by atoms with Gasteiger partial charge in [-0.25, -0.2) is 4.79 Å². The third kappa shape index (κ3) is 4.09. The smallest absolute Gasteiger partial charge is 0.335 e. The minimum atomic E-state index is -0.952. The highest BCUT2D eigenvalue weighted by Gasteiger charge is 2.03. The largest absolute Gasteiger partial charge is 0.478 e. The number of hydrogen-bond donors (Lipinski definition) is 4. The van der Waals surface area contributed by atoms with Crippen LogP contribution in [0.4, 0.5) is 5.69 Å². The molecule has 5 nitrogen and oxygen atoms in total. The Morgan fingerprint density at radius 3 is 3.00 bits per heavy atom. The summed E-state index contributed by atoms with van der Waals surface area (Å²) in [5.74, 6) is -0.952. The van der Waals surface area contributed by atoms with Crippen molar-refractivity contribution in [2.75, 3.05) is 19.1 Å². The van der Waals surface area contributed by atoms with Gasteiger partial charge in [0, 0.05) is 5.69 Å². The van der Waals surface area contributed by atoms with Gasteiger partial charge in [-0.1, -0.05) is 6.07 Å². The lowest BCUT2D eigenvalue weighted by atomic mass is 10.2. The maximum atomic E-state index is 10.7. The number of thiol groups is 1. The van der Waals surface area contributed by atoms with Crippen LogP contribution in [-0.2, 0) is 4.74 Å². The van der Waals surface area contributed by atoms with Crippen LogP contribution in [0.2, 0.25) is 0 Å². The molecule has 0 radical (unpaired) electrons. The van der Waals surface area contributed by atoms with Crippen LogP contribution < -0.4 is 10.6 Å². The molecular formula is C10H14N2O3S. The van der Waals surface area contributed by atoms with Crippen LogP contribution in [0, 0.1) is 0 Å². The molecule has 88 valence electrons. The third-order valence-corrected chi connectivity index (χ3v) is 2.28. The Balaban J connectivity index is 2.48. The maximum absolute atomic E-state index is 10.7. The lowest BCUT2D eigenvalue weighted by molar-refractivity contribution is 0.0697. The average Bonchev–Trinajstić information content (AvgIpc) is 2.29. The van der Waals surface area contributed by atoms with Gasteiger partial charge in [0.2, 0.25) is 0 Å². The van der Waals surface area contributed by atoms with Crippen LogP contribution in [0.25, 0.3) is 0 Å². The second kappa shape index (κ2) is 6.37. The fourth-order valence-corrected chi connectivity index (χ4v) is 1.12. The van der Waals surface area contributed by atoms with Crippen molar-refractivity contribution >= 4 is 24.3 Å². The SMILES string of the molecule is CNC(S)OCNc1cccc(C(=O)O)c1. The molecule has 0 heterocycles. The molecule has 0 aliphatic carbocycles. The third-order valence-electron chi connectivity index (χ3n) is 1.87. The van der Waals surface area contributed by atoms with Gasteiger partial charge < -0.3 is 15.2 Å². The molecule has 1 aromatic carbocycles. The number of ether oxygens (including phenoxy) is 1. The maximum Gasteiger partial charge on any atom is 0.335 e. The minimum Gasteiger partial charge on any atom is -0.478 e. The number of aromatic carboxylic acids is 1. The monoisotopic (exact) mass is 242 g/mol. The van der Waals surface area contributed by atoms with E-state index in [2.05, 4.69) is 23.3 Å². The van der Waals surface area contributed by atoms with Crippen molar-refractivity contribution < 1.29 is 14.6 Å². The zero-order valence-corrected chi connectivity index (χ0v) is 9.70. The number of nitrogens with one attached hydrogen (secondary N) is 2. The first kappa shape index (κ1) is 12.8. The predicted octanol–water partition coefficient (Wildman–Crippen LogP) is 1.20. The fourth-order valence-electron chi connectivity index (χ4n) is 1.05. The van der Waals surface area contributed by atoms with Crippen molar-refractivity contribution in [2.24, 2.45) is 0 Å². The molecule has 16 heavy (non-hydrogen) atoms. The van der Waals surface area contributed by atoms with Crippen LogP contribution in [0.15, 0.2) is 24.3 Å². The quantitative estimate of drug-likeness (QED) is 0.446. The number of benzene rings is 1. The van der Waals surface area contributed by atoms with Crippen LogP contribution in [0.5, 0.6) is 0 Å². The van der Waals surface area contributed by atoms with E-state index in [-0.39, 0.29) is 17.9 Å². The molecule has 1 rings (SSSR count). The van der Waals surface area contributed by atoms with Gasteiger partial charge in [-0.15, -0.1) is 12.6 Å². The highest BCUT2D eigenvalue weighted by molar-refractivity contribution is 7.80. The standard InChI is InChI=1S/C10H14N2O3S/c1-11-10(16)15-6-12-8-4-2-3-7(5-8)9(13)14/h2-5,10-12,16H,6H2,1H3,(H,13,14). The lowest BCUT2D eigenvalue weighted by Gasteiger charge is -2.12. The summed E-state index contributed by atoms with van der Waals surface area (Å²) >= 11 is 4.06. The number of carbonyl (C=O) groups is 1. The highest BCUT2D eigenvalue weighted by atomic mass is 32.1. The molecule has 1 unspecified atom stereocenters. The van der Waals surface area contributed by atoms with Crippen LogP contribution >= 0.6 is 12.6 Å². The van der Waals surface area contributed by atoms with E-state index in [1.54, 1.807) is 25.2 Å². The van der Waals surface area contributed by atoms with Gasteiger partial charge in [-0.2, -0.15) is 0 Å². The second-order valence-electron chi connectivity index (χ2n) is 3.01. The molecule has 0 saturated heterocycles. The second-order valence-corrected chi connectivity index (χ2v) is 3.48. The van der Waals surface area contributed by atoms with Gasteiger partial charge >= 0.3 is 5.97 Å². The fraction of sp³-hybridized carbons (Fsp3) is 0.300. The molecule has 0 amide bonds. The van der Waals surface area contributed by atoms with E-state index in [0.29, 0.717) is 5.69 Å². The van der Waals surface area contributed by atoms with E-state index in [1.165, 1.54) is 6.07 Å². The Labute approximate surface area is 99.2 Å². The molecule has 0 saturated carbocycles. The molecule has 1 aromatic rings. The van der Waals surface area contributed by atoms with E-state index in [1.807, 2.05) is 0 Å². The zero-order valence-electron chi connectivity index (χ0n) is 8.80. The number of anilines is 1. The first-order valence-electron chi connectivity index (χ1n) is 4.67. The number of carboxylic acid groups (broad SMARTS) is 1. The molecule has 6 heteroatoms. The van der Waals surface area contributed by atoms with Crippen LogP contribution in [0.1, 0.15) is 10.4 Å². The molecule has 0 fully saturated rings. The molecule has 0 spiro atoms. The summed E-state index contributed by atoms with van der Waals surface area (Å²) < 4.78 is 5.19. The first-order chi connectivity index (χ1) is 7.63. The molecule has 0 bridgehead atoms. The van der Waals surface area contributed by atoms with E-state index in [9.17, 15) is 4.79 Å². The lowest BCUT2D eigenvalue weighted by Crippen LogP contribution is -2.24. The Morgan fingerprint density at radius 1 is 1.62 bits per heavy atom. The highest BCUT2D eigenvalue weighted by Crippen LogP contribution is 2.10. The summed E-state index contributed by atoms with van der Waals surface area (Å²) in [5, 5.41) is 14.5. The molecule has 0 aromatic heterocycles. The van der Waals surface area contributed by atoms with Crippen molar-refractivity contribution in [3.63, 3.8) is 0 Å². The van der Waals surface area contributed by atoms with Gasteiger partial charge in [0.05, 0.1) is 5.56 Å². The Morgan fingerprint density at radius 2 is 2.38 bits per heavy atom.